The van der Waals surface area contributed by atoms with Gasteiger partial charge in [0.25, 0.3) is 0 Å². The molecule has 14 heavy (non-hydrogen) atoms. The van der Waals surface area contributed by atoms with E-state index in [1.807, 2.05) is 0 Å². The molecule has 0 atom stereocenters. The van der Waals surface area contributed by atoms with Crippen LogP contribution in [-0.2, 0) is 4.74 Å². The topological polar surface area (TPSA) is 43.4 Å². The van der Waals surface area contributed by atoms with Crippen LogP contribution in [0.5, 0.6) is 0 Å². The third kappa shape index (κ3) is 1.64. The quantitative estimate of drug-likeness (QED) is 0.534. The van der Waals surface area contributed by atoms with Crippen LogP contribution < -0.4 is 0 Å². The molecule has 0 N–H and O–H groups in total. The maximum absolute atomic E-state index is 13.3. The van der Waals surface area contributed by atoms with E-state index in [4.69, 9.17) is 0 Å². The minimum absolute atomic E-state index is 0.0600. The van der Waals surface area contributed by atoms with E-state index < -0.39 is 11.8 Å². The van der Waals surface area contributed by atoms with Crippen molar-refractivity contribution in [2.45, 2.75) is 6.92 Å². The van der Waals surface area contributed by atoms with Crippen LogP contribution in [0.4, 0.5) is 4.39 Å². The molecule has 1 aromatic rings. The van der Waals surface area contributed by atoms with Crippen LogP contribution in [0.3, 0.4) is 0 Å². The van der Waals surface area contributed by atoms with Gasteiger partial charge in [0.2, 0.25) is 0 Å². The van der Waals surface area contributed by atoms with Crippen LogP contribution in [0.25, 0.3) is 0 Å². The summed E-state index contributed by atoms with van der Waals surface area (Å²) >= 11 is 0. The molecule has 1 rings (SSSR count). The van der Waals surface area contributed by atoms with Gasteiger partial charge in [-0.05, 0) is 24.6 Å². The van der Waals surface area contributed by atoms with E-state index in [0.717, 1.165) is 0 Å². The molecule has 0 aliphatic heterocycles. The molecule has 0 fully saturated rings. The Kier molecular flexibility index (Phi) is 2.96. The number of ether oxygens (including phenoxy) is 1. The number of hydrogen-bond acceptors (Lipinski definition) is 3. The normalized spacial score (nSPS) is 9.64. The molecule has 0 radical (unpaired) electrons. The summed E-state index contributed by atoms with van der Waals surface area (Å²) in [5.74, 6) is -1.29. The molecule has 0 saturated heterocycles. The van der Waals surface area contributed by atoms with Gasteiger partial charge in [0, 0.05) is 0 Å². The van der Waals surface area contributed by atoms with Gasteiger partial charge in [-0.3, -0.25) is 4.79 Å². The first-order valence-electron chi connectivity index (χ1n) is 3.94. The fraction of sp³-hybridized carbons (Fsp3) is 0.200. The van der Waals surface area contributed by atoms with Crippen LogP contribution in [0.15, 0.2) is 12.1 Å². The predicted molar refractivity (Wildman–Crippen MR) is 47.9 cm³/mol. The summed E-state index contributed by atoms with van der Waals surface area (Å²) in [7, 11) is 1.22. The molecule has 4 heteroatoms. The molecule has 0 heterocycles. The number of aldehydes is 1. The Bertz CT molecular complexity index is 385. The molecular formula is C10H9FO3. The lowest BCUT2D eigenvalue weighted by Crippen LogP contribution is -2.06. The molecule has 0 bridgehead atoms. The van der Waals surface area contributed by atoms with E-state index in [9.17, 15) is 14.0 Å². The van der Waals surface area contributed by atoms with Crippen molar-refractivity contribution in [2.24, 2.45) is 0 Å². The molecule has 0 spiro atoms. The first-order chi connectivity index (χ1) is 6.61. The summed E-state index contributed by atoms with van der Waals surface area (Å²) in [4.78, 5) is 21.5. The summed E-state index contributed by atoms with van der Waals surface area (Å²) in [6, 6.07) is 2.62. The number of hydrogen-bond donors (Lipinski definition) is 0. The van der Waals surface area contributed by atoms with Gasteiger partial charge in [-0.15, -0.1) is 0 Å². The minimum Gasteiger partial charge on any atom is -0.465 e. The second kappa shape index (κ2) is 4.00. The number of benzene rings is 1. The van der Waals surface area contributed by atoms with Gasteiger partial charge in [-0.2, -0.15) is 0 Å². The highest BCUT2D eigenvalue weighted by Gasteiger charge is 2.14. The molecule has 74 valence electrons. The zero-order chi connectivity index (χ0) is 10.7. The van der Waals surface area contributed by atoms with Crippen LogP contribution in [0, 0.1) is 12.7 Å². The average molecular weight is 196 g/mol. The van der Waals surface area contributed by atoms with Gasteiger partial charge in [0.15, 0.2) is 6.29 Å². The molecule has 3 nitrogen and oxygen atoms in total. The Morgan fingerprint density at radius 3 is 2.64 bits per heavy atom. The van der Waals surface area contributed by atoms with Crippen molar-refractivity contribution in [2.75, 3.05) is 7.11 Å². The molecule has 0 aromatic heterocycles. The van der Waals surface area contributed by atoms with Crippen molar-refractivity contribution < 1.29 is 18.7 Å². The third-order valence-electron chi connectivity index (χ3n) is 1.95. The van der Waals surface area contributed by atoms with E-state index in [0.29, 0.717) is 6.29 Å². The number of carbonyl (C=O) groups is 2. The predicted octanol–water partition coefficient (Wildman–Crippen LogP) is 1.73. The molecule has 0 aliphatic rings. The zero-order valence-corrected chi connectivity index (χ0v) is 7.83. The summed E-state index contributed by atoms with van der Waals surface area (Å²) in [5, 5.41) is 0. The highest BCUT2D eigenvalue weighted by molar-refractivity contribution is 5.92. The second-order valence-corrected chi connectivity index (χ2v) is 2.75. The van der Waals surface area contributed by atoms with E-state index in [-0.39, 0.29) is 16.7 Å². The Morgan fingerprint density at radius 2 is 2.14 bits per heavy atom. The van der Waals surface area contributed by atoms with E-state index >= 15 is 0 Å². The summed E-state index contributed by atoms with van der Waals surface area (Å²) < 4.78 is 17.8. The lowest BCUT2D eigenvalue weighted by molar-refractivity contribution is 0.0599. The van der Waals surface area contributed by atoms with Gasteiger partial charge < -0.3 is 4.74 Å². The molecular weight excluding hydrogens is 187 g/mol. The van der Waals surface area contributed by atoms with Crippen molar-refractivity contribution in [1.82, 2.24) is 0 Å². The number of methoxy groups -OCH3 is 1. The van der Waals surface area contributed by atoms with Gasteiger partial charge >= 0.3 is 5.97 Å². The first-order valence-corrected chi connectivity index (χ1v) is 3.94. The Labute approximate surface area is 80.5 Å². The molecule has 1 aromatic carbocycles. The second-order valence-electron chi connectivity index (χ2n) is 2.75. The fourth-order valence-electron chi connectivity index (χ4n) is 1.13. The number of esters is 1. The van der Waals surface area contributed by atoms with Gasteiger partial charge in [0.1, 0.15) is 5.82 Å². The summed E-state index contributed by atoms with van der Waals surface area (Å²) in [6.45, 7) is 1.43. The number of carbonyl (C=O) groups excluding carboxylic acids is 2. The standard InChI is InChI=1S/C10H9FO3/c1-6-8(10(13)14-2)4-3-7(5-12)9(6)11/h3-5H,1-2H3. The van der Waals surface area contributed by atoms with Crippen molar-refractivity contribution in [3.63, 3.8) is 0 Å². The monoisotopic (exact) mass is 196 g/mol. The maximum Gasteiger partial charge on any atom is 0.338 e. The van der Waals surface area contributed by atoms with Crippen molar-refractivity contribution in [3.8, 4) is 0 Å². The molecule has 0 unspecified atom stereocenters. The average Bonchev–Trinajstić information content (AvgIpc) is 2.21. The number of rotatable bonds is 2. The summed E-state index contributed by atoms with van der Waals surface area (Å²) in [6.07, 6.45) is 0.406. The van der Waals surface area contributed by atoms with E-state index in [1.165, 1.54) is 26.2 Å². The maximum atomic E-state index is 13.3. The lowest BCUT2D eigenvalue weighted by Gasteiger charge is -2.05. The van der Waals surface area contributed by atoms with Gasteiger partial charge in [0.05, 0.1) is 18.2 Å². The highest BCUT2D eigenvalue weighted by atomic mass is 19.1. The van der Waals surface area contributed by atoms with Gasteiger partial charge in [-0.25, -0.2) is 9.18 Å². The van der Waals surface area contributed by atoms with Crippen LogP contribution in [-0.4, -0.2) is 19.4 Å². The number of halogens is 1. The zero-order valence-electron chi connectivity index (χ0n) is 7.83. The minimum atomic E-state index is -0.678. The van der Waals surface area contributed by atoms with Crippen LogP contribution in [0.1, 0.15) is 26.3 Å². The highest BCUT2D eigenvalue weighted by Crippen LogP contribution is 2.16. The van der Waals surface area contributed by atoms with E-state index in [2.05, 4.69) is 4.74 Å². The van der Waals surface area contributed by atoms with Gasteiger partial charge in [-0.1, -0.05) is 0 Å². The Morgan fingerprint density at radius 1 is 1.50 bits per heavy atom. The lowest BCUT2D eigenvalue weighted by atomic mass is 10.0. The van der Waals surface area contributed by atoms with Crippen molar-refractivity contribution in [1.29, 1.82) is 0 Å². The first kappa shape index (κ1) is 10.4. The van der Waals surface area contributed by atoms with Crippen molar-refractivity contribution >= 4 is 12.3 Å². The molecule has 0 aliphatic carbocycles. The smallest absolute Gasteiger partial charge is 0.338 e. The van der Waals surface area contributed by atoms with Crippen LogP contribution in [0.2, 0.25) is 0 Å². The Hall–Kier alpha value is -1.71. The van der Waals surface area contributed by atoms with E-state index in [1.54, 1.807) is 0 Å². The van der Waals surface area contributed by atoms with Crippen molar-refractivity contribution in [3.05, 3.63) is 34.6 Å². The SMILES string of the molecule is COC(=O)c1ccc(C=O)c(F)c1C. The third-order valence-corrected chi connectivity index (χ3v) is 1.95. The largest absolute Gasteiger partial charge is 0.465 e. The molecule has 0 saturated carbocycles. The van der Waals surface area contributed by atoms with Crippen LogP contribution >= 0.6 is 0 Å². The Balaban J connectivity index is 3.30. The fourth-order valence-corrected chi connectivity index (χ4v) is 1.13. The summed E-state index contributed by atoms with van der Waals surface area (Å²) in [5.41, 5.74) is 0.201. The molecule has 0 amide bonds.